The highest BCUT2D eigenvalue weighted by Crippen LogP contribution is 2.33. The van der Waals surface area contributed by atoms with Gasteiger partial charge in [-0.3, -0.25) is 4.68 Å². The van der Waals surface area contributed by atoms with Crippen molar-refractivity contribution in [2.75, 3.05) is 13.7 Å². The van der Waals surface area contributed by atoms with Gasteiger partial charge in [0.1, 0.15) is 24.2 Å². The van der Waals surface area contributed by atoms with Crippen LogP contribution in [0.1, 0.15) is 41.0 Å². The molecule has 2 aromatic heterocycles. The summed E-state index contributed by atoms with van der Waals surface area (Å²) >= 11 is 0. The predicted octanol–water partition coefficient (Wildman–Crippen LogP) is 2.40. The van der Waals surface area contributed by atoms with E-state index in [-0.39, 0.29) is 12.1 Å². The molecular weight excluding hydrogens is 294 g/mol. The van der Waals surface area contributed by atoms with E-state index >= 15 is 0 Å². The SMILES string of the molecule is COCc1ccc(CN[C@H]2CCO[C@@H]2c2c(C)nn(C)c2C)o1. The summed E-state index contributed by atoms with van der Waals surface area (Å²) in [5.74, 6) is 1.77. The van der Waals surface area contributed by atoms with Crippen molar-refractivity contribution in [1.82, 2.24) is 15.1 Å². The summed E-state index contributed by atoms with van der Waals surface area (Å²) in [6.45, 7) is 6.10. The highest BCUT2D eigenvalue weighted by molar-refractivity contribution is 5.29. The number of rotatable bonds is 6. The van der Waals surface area contributed by atoms with E-state index in [0.717, 1.165) is 30.2 Å². The lowest BCUT2D eigenvalue weighted by atomic mass is 10.0. The lowest BCUT2D eigenvalue weighted by Gasteiger charge is -2.20. The number of hydrogen-bond acceptors (Lipinski definition) is 5. The number of nitrogens with one attached hydrogen (secondary N) is 1. The van der Waals surface area contributed by atoms with Crippen LogP contribution in [0.3, 0.4) is 0 Å². The molecule has 1 aliphatic rings. The molecule has 0 unspecified atom stereocenters. The summed E-state index contributed by atoms with van der Waals surface area (Å²) in [5, 5.41) is 8.08. The maximum atomic E-state index is 5.99. The van der Waals surface area contributed by atoms with Gasteiger partial charge in [0.05, 0.1) is 12.2 Å². The fourth-order valence-corrected chi connectivity index (χ4v) is 3.25. The number of ether oxygens (including phenoxy) is 2. The van der Waals surface area contributed by atoms with Crippen molar-refractivity contribution in [2.24, 2.45) is 7.05 Å². The van der Waals surface area contributed by atoms with Gasteiger partial charge < -0.3 is 19.2 Å². The lowest BCUT2D eigenvalue weighted by Crippen LogP contribution is -2.31. The Kier molecular flexibility index (Phi) is 4.84. The Labute approximate surface area is 136 Å². The average Bonchev–Trinajstić information content (AvgIpc) is 3.19. The van der Waals surface area contributed by atoms with Crippen molar-refractivity contribution in [2.45, 2.75) is 45.6 Å². The van der Waals surface area contributed by atoms with Crippen LogP contribution in [-0.2, 0) is 29.7 Å². The van der Waals surface area contributed by atoms with Crippen LogP contribution in [0.2, 0.25) is 0 Å². The van der Waals surface area contributed by atoms with Gasteiger partial charge in [-0.2, -0.15) is 5.10 Å². The summed E-state index contributed by atoms with van der Waals surface area (Å²) < 4.78 is 18.7. The van der Waals surface area contributed by atoms with Crippen LogP contribution in [0.25, 0.3) is 0 Å². The maximum Gasteiger partial charge on any atom is 0.129 e. The van der Waals surface area contributed by atoms with E-state index in [9.17, 15) is 0 Å². The summed E-state index contributed by atoms with van der Waals surface area (Å²) in [7, 11) is 3.64. The van der Waals surface area contributed by atoms with Gasteiger partial charge in [-0.25, -0.2) is 0 Å². The average molecular weight is 319 g/mol. The van der Waals surface area contributed by atoms with Crippen molar-refractivity contribution in [1.29, 1.82) is 0 Å². The number of aromatic nitrogens is 2. The Bertz CT molecular complexity index is 662. The molecule has 6 nitrogen and oxygen atoms in total. The third-order valence-electron chi connectivity index (χ3n) is 4.48. The molecule has 1 aliphatic heterocycles. The molecule has 1 fully saturated rings. The van der Waals surface area contributed by atoms with E-state index in [1.807, 2.05) is 30.8 Å². The molecule has 2 aromatic rings. The first-order chi connectivity index (χ1) is 11.1. The second-order valence-corrected chi connectivity index (χ2v) is 6.08. The van der Waals surface area contributed by atoms with Crippen molar-refractivity contribution < 1.29 is 13.9 Å². The van der Waals surface area contributed by atoms with Gasteiger partial charge in [-0.1, -0.05) is 0 Å². The number of hydrogen-bond donors (Lipinski definition) is 1. The molecule has 6 heteroatoms. The van der Waals surface area contributed by atoms with E-state index in [4.69, 9.17) is 13.9 Å². The molecular formula is C17H25N3O3. The van der Waals surface area contributed by atoms with E-state index in [2.05, 4.69) is 17.3 Å². The van der Waals surface area contributed by atoms with Gasteiger partial charge in [-0.05, 0) is 32.4 Å². The number of furan rings is 1. The monoisotopic (exact) mass is 319 g/mol. The quantitative estimate of drug-likeness (QED) is 0.886. The van der Waals surface area contributed by atoms with Crippen molar-refractivity contribution >= 4 is 0 Å². The molecule has 0 saturated carbocycles. The number of methoxy groups -OCH3 is 1. The van der Waals surface area contributed by atoms with Crippen LogP contribution in [0.5, 0.6) is 0 Å². The molecule has 0 spiro atoms. The minimum Gasteiger partial charge on any atom is -0.462 e. The number of aryl methyl sites for hydroxylation is 2. The van der Waals surface area contributed by atoms with Gasteiger partial charge in [0, 0.05) is 38.1 Å². The third kappa shape index (κ3) is 3.34. The van der Waals surface area contributed by atoms with E-state index in [1.54, 1.807) is 7.11 Å². The summed E-state index contributed by atoms with van der Waals surface area (Å²) in [6.07, 6.45) is 1.04. The summed E-state index contributed by atoms with van der Waals surface area (Å²) in [6, 6.07) is 4.22. The molecule has 3 heterocycles. The van der Waals surface area contributed by atoms with Gasteiger partial charge in [0.2, 0.25) is 0 Å². The molecule has 0 bridgehead atoms. The zero-order chi connectivity index (χ0) is 16.4. The van der Waals surface area contributed by atoms with Crippen LogP contribution >= 0.6 is 0 Å². The highest BCUT2D eigenvalue weighted by atomic mass is 16.5. The first-order valence-corrected chi connectivity index (χ1v) is 8.01. The van der Waals surface area contributed by atoms with Crippen molar-refractivity contribution in [3.63, 3.8) is 0 Å². The topological polar surface area (TPSA) is 61.4 Å². The molecule has 0 aromatic carbocycles. The van der Waals surface area contributed by atoms with Crippen LogP contribution in [0.4, 0.5) is 0 Å². The first-order valence-electron chi connectivity index (χ1n) is 8.01. The minimum absolute atomic E-state index is 0.0529. The predicted molar refractivity (Wildman–Crippen MR) is 86.0 cm³/mol. The second-order valence-electron chi connectivity index (χ2n) is 6.08. The zero-order valence-electron chi connectivity index (χ0n) is 14.3. The molecule has 0 radical (unpaired) electrons. The van der Waals surface area contributed by atoms with E-state index < -0.39 is 0 Å². The highest BCUT2D eigenvalue weighted by Gasteiger charge is 2.33. The van der Waals surface area contributed by atoms with Gasteiger partial charge in [0.25, 0.3) is 0 Å². The normalized spacial score (nSPS) is 21.2. The fourth-order valence-electron chi connectivity index (χ4n) is 3.25. The van der Waals surface area contributed by atoms with Crippen LogP contribution in [-0.4, -0.2) is 29.5 Å². The Morgan fingerprint density at radius 3 is 2.83 bits per heavy atom. The third-order valence-corrected chi connectivity index (χ3v) is 4.48. The van der Waals surface area contributed by atoms with Crippen LogP contribution in [0, 0.1) is 13.8 Å². The summed E-state index contributed by atoms with van der Waals surface area (Å²) in [4.78, 5) is 0. The Hall–Kier alpha value is -1.63. The Balaban J connectivity index is 1.67. The smallest absolute Gasteiger partial charge is 0.129 e. The Morgan fingerprint density at radius 2 is 2.13 bits per heavy atom. The van der Waals surface area contributed by atoms with Gasteiger partial charge >= 0.3 is 0 Å². The second kappa shape index (κ2) is 6.86. The molecule has 3 rings (SSSR count). The van der Waals surface area contributed by atoms with Crippen LogP contribution < -0.4 is 5.32 Å². The molecule has 126 valence electrons. The Morgan fingerprint density at radius 1 is 1.35 bits per heavy atom. The summed E-state index contributed by atoms with van der Waals surface area (Å²) in [5.41, 5.74) is 3.42. The largest absolute Gasteiger partial charge is 0.462 e. The number of nitrogens with zero attached hydrogens (tertiary/aromatic N) is 2. The van der Waals surface area contributed by atoms with Gasteiger partial charge in [-0.15, -0.1) is 0 Å². The lowest BCUT2D eigenvalue weighted by molar-refractivity contribution is 0.0969. The van der Waals surface area contributed by atoms with E-state index in [0.29, 0.717) is 13.2 Å². The fraction of sp³-hybridized carbons (Fsp3) is 0.588. The molecule has 0 amide bonds. The molecule has 0 aliphatic carbocycles. The van der Waals surface area contributed by atoms with Crippen molar-refractivity contribution in [3.05, 3.63) is 40.6 Å². The molecule has 23 heavy (non-hydrogen) atoms. The van der Waals surface area contributed by atoms with Crippen molar-refractivity contribution in [3.8, 4) is 0 Å². The molecule has 1 N–H and O–H groups in total. The van der Waals surface area contributed by atoms with Gasteiger partial charge in [0.15, 0.2) is 0 Å². The maximum absolute atomic E-state index is 5.99. The van der Waals surface area contributed by atoms with E-state index in [1.165, 1.54) is 11.3 Å². The van der Waals surface area contributed by atoms with Crippen LogP contribution in [0.15, 0.2) is 16.5 Å². The first kappa shape index (κ1) is 16.2. The molecule has 2 atom stereocenters. The minimum atomic E-state index is 0.0529. The zero-order valence-corrected chi connectivity index (χ0v) is 14.3. The standard InChI is InChI=1S/C17H25N3O3/c1-11-16(12(2)20(3)19-11)17-15(7-8-22-17)18-9-13-5-6-14(23-13)10-21-4/h5-6,15,17-18H,7-10H2,1-4H3/t15-,17-/m0/s1. The molecule has 1 saturated heterocycles.